The molecule has 1 aliphatic carbocycles. The van der Waals surface area contributed by atoms with Gasteiger partial charge in [-0.25, -0.2) is 0 Å². The molecule has 0 spiro atoms. The van der Waals surface area contributed by atoms with Gasteiger partial charge in [0.2, 0.25) is 11.8 Å². The van der Waals surface area contributed by atoms with Crippen molar-refractivity contribution in [3.8, 4) is 0 Å². The lowest BCUT2D eigenvalue weighted by Crippen LogP contribution is -2.43. The monoisotopic (exact) mass is 393 g/mol. The summed E-state index contributed by atoms with van der Waals surface area (Å²) in [6.45, 7) is 8.63. The molecule has 2 aliphatic heterocycles. The summed E-state index contributed by atoms with van der Waals surface area (Å²) in [5.74, 6) is 1.19. The molecule has 1 saturated carbocycles. The molecule has 6 nitrogen and oxygen atoms in total. The van der Waals surface area contributed by atoms with Crippen LogP contribution < -0.4 is 0 Å². The van der Waals surface area contributed by atoms with Crippen molar-refractivity contribution in [2.75, 3.05) is 52.5 Å². The van der Waals surface area contributed by atoms with Crippen LogP contribution in [0.4, 0.5) is 0 Å². The minimum Gasteiger partial charge on any atom is -0.379 e. The van der Waals surface area contributed by atoms with Crippen LogP contribution in [0.3, 0.4) is 0 Å². The van der Waals surface area contributed by atoms with E-state index in [4.69, 9.17) is 4.74 Å². The molecule has 160 valence electrons. The van der Waals surface area contributed by atoms with Crippen molar-refractivity contribution in [2.45, 2.75) is 70.8 Å². The second-order valence-electron chi connectivity index (χ2n) is 8.84. The van der Waals surface area contributed by atoms with E-state index >= 15 is 0 Å². The Labute approximate surface area is 170 Å². The zero-order chi connectivity index (χ0) is 19.8. The Morgan fingerprint density at radius 2 is 1.79 bits per heavy atom. The summed E-state index contributed by atoms with van der Waals surface area (Å²) in [7, 11) is 0. The van der Waals surface area contributed by atoms with E-state index in [9.17, 15) is 9.59 Å². The fourth-order valence-electron chi connectivity index (χ4n) is 5.07. The highest BCUT2D eigenvalue weighted by Gasteiger charge is 2.31. The molecule has 2 saturated heterocycles. The number of carbonyl (C=O) groups is 2. The van der Waals surface area contributed by atoms with Crippen LogP contribution >= 0.6 is 0 Å². The maximum absolute atomic E-state index is 12.7. The van der Waals surface area contributed by atoms with Crippen molar-refractivity contribution < 1.29 is 14.3 Å². The predicted octanol–water partition coefficient (Wildman–Crippen LogP) is 2.52. The number of hydrogen-bond acceptors (Lipinski definition) is 4. The van der Waals surface area contributed by atoms with Crippen molar-refractivity contribution >= 4 is 11.8 Å². The molecule has 6 heteroatoms. The van der Waals surface area contributed by atoms with Crippen molar-refractivity contribution in [1.29, 1.82) is 0 Å². The van der Waals surface area contributed by atoms with Gasteiger partial charge >= 0.3 is 0 Å². The molecule has 0 aromatic carbocycles. The summed E-state index contributed by atoms with van der Waals surface area (Å²) in [6, 6.07) is 0.195. The van der Waals surface area contributed by atoms with Crippen LogP contribution in [0.1, 0.15) is 64.7 Å². The van der Waals surface area contributed by atoms with E-state index in [0.29, 0.717) is 12.3 Å². The Balaban J connectivity index is 1.39. The molecule has 0 N–H and O–H groups in total. The Bertz CT molecular complexity index is 501. The molecule has 28 heavy (non-hydrogen) atoms. The third kappa shape index (κ3) is 6.45. The van der Waals surface area contributed by atoms with Crippen LogP contribution in [0.25, 0.3) is 0 Å². The van der Waals surface area contributed by atoms with Gasteiger partial charge in [0.05, 0.1) is 19.3 Å². The molecule has 1 unspecified atom stereocenters. The molecule has 0 bridgehead atoms. The SMILES string of the molecule is CC(=O)N(CCCN1CCOCC1)C1CCN(C(=O)CCC2CCCCC2)C1. The van der Waals surface area contributed by atoms with E-state index < -0.39 is 0 Å². The minimum absolute atomic E-state index is 0.142. The fraction of sp³-hybridized carbons (Fsp3) is 0.909. The molecule has 3 rings (SSSR count). The fourth-order valence-corrected chi connectivity index (χ4v) is 5.07. The van der Waals surface area contributed by atoms with Gasteiger partial charge in [0, 0.05) is 52.6 Å². The third-order valence-electron chi connectivity index (χ3n) is 6.83. The average molecular weight is 394 g/mol. The van der Waals surface area contributed by atoms with Gasteiger partial charge in [-0.1, -0.05) is 32.1 Å². The number of ether oxygens (including phenoxy) is 1. The van der Waals surface area contributed by atoms with Crippen LogP contribution in [-0.2, 0) is 14.3 Å². The van der Waals surface area contributed by atoms with Gasteiger partial charge in [-0.3, -0.25) is 14.5 Å². The molecule has 2 amide bonds. The van der Waals surface area contributed by atoms with Crippen molar-refractivity contribution in [2.24, 2.45) is 5.92 Å². The van der Waals surface area contributed by atoms with Crippen molar-refractivity contribution in [1.82, 2.24) is 14.7 Å². The molecule has 0 aromatic heterocycles. The maximum atomic E-state index is 12.7. The Kier molecular flexibility index (Phi) is 8.59. The summed E-state index contributed by atoms with van der Waals surface area (Å²) < 4.78 is 5.40. The smallest absolute Gasteiger partial charge is 0.222 e. The van der Waals surface area contributed by atoms with E-state index in [2.05, 4.69) is 4.90 Å². The standard InChI is InChI=1S/C22H39N3O3/c1-19(26)25(12-5-11-23-14-16-28-17-15-23)21-10-13-24(18-21)22(27)9-8-20-6-3-2-4-7-20/h20-21H,2-18H2,1H3. The van der Waals surface area contributed by atoms with Crippen LogP contribution in [-0.4, -0.2) is 85.0 Å². The van der Waals surface area contributed by atoms with Gasteiger partial charge in [-0.05, 0) is 25.2 Å². The number of rotatable bonds is 8. The van der Waals surface area contributed by atoms with E-state index in [-0.39, 0.29) is 11.9 Å². The normalized spacial score (nSPS) is 24.5. The highest BCUT2D eigenvalue weighted by Crippen LogP contribution is 2.28. The first-order valence-electron chi connectivity index (χ1n) is 11.5. The molecule has 1 atom stereocenters. The van der Waals surface area contributed by atoms with Crippen molar-refractivity contribution in [3.63, 3.8) is 0 Å². The van der Waals surface area contributed by atoms with Crippen LogP contribution in [0.5, 0.6) is 0 Å². The number of carbonyl (C=O) groups excluding carboxylic acids is 2. The van der Waals surface area contributed by atoms with Gasteiger partial charge in [0.1, 0.15) is 0 Å². The molecule has 3 aliphatic rings. The molecule has 2 heterocycles. The van der Waals surface area contributed by atoms with Gasteiger partial charge in [0.15, 0.2) is 0 Å². The van der Waals surface area contributed by atoms with Gasteiger partial charge in [0.25, 0.3) is 0 Å². The molecular formula is C22H39N3O3. The number of likely N-dealkylation sites (tertiary alicyclic amines) is 1. The maximum Gasteiger partial charge on any atom is 0.222 e. The topological polar surface area (TPSA) is 53.1 Å². The van der Waals surface area contributed by atoms with Gasteiger partial charge in [-0.15, -0.1) is 0 Å². The zero-order valence-corrected chi connectivity index (χ0v) is 17.7. The third-order valence-corrected chi connectivity index (χ3v) is 6.83. The summed E-state index contributed by atoms with van der Waals surface area (Å²) >= 11 is 0. The average Bonchev–Trinajstić information content (AvgIpc) is 3.20. The quantitative estimate of drug-likeness (QED) is 0.636. The summed E-state index contributed by atoms with van der Waals surface area (Å²) in [4.78, 5) is 31.3. The lowest BCUT2D eigenvalue weighted by molar-refractivity contribution is -0.133. The van der Waals surface area contributed by atoms with E-state index in [0.717, 1.165) is 77.7 Å². The highest BCUT2D eigenvalue weighted by molar-refractivity contribution is 5.77. The van der Waals surface area contributed by atoms with E-state index in [1.54, 1.807) is 6.92 Å². The lowest BCUT2D eigenvalue weighted by atomic mass is 9.86. The highest BCUT2D eigenvalue weighted by atomic mass is 16.5. The molecular weight excluding hydrogens is 354 g/mol. The van der Waals surface area contributed by atoms with Crippen LogP contribution in [0.15, 0.2) is 0 Å². The van der Waals surface area contributed by atoms with Gasteiger partial charge < -0.3 is 14.5 Å². The number of hydrogen-bond donors (Lipinski definition) is 0. The van der Waals surface area contributed by atoms with Crippen LogP contribution in [0.2, 0.25) is 0 Å². The minimum atomic E-state index is 0.142. The second-order valence-corrected chi connectivity index (χ2v) is 8.84. The van der Waals surface area contributed by atoms with E-state index in [1.807, 2.05) is 9.80 Å². The van der Waals surface area contributed by atoms with Crippen molar-refractivity contribution in [3.05, 3.63) is 0 Å². The first-order chi connectivity index (χ1) is 13.6. The first kappa shape index (κ1) is 21.6. The number of nitrogens with zero attached hydrogens (tertiary/aromatic N) is 3. The predicted molar refractivity (Wildman–Crippen MR) is 110 cm³/mol. The summed E-state index contributed by atoms with van der Waals surface area (Å²) in [5.41, 5.74) is 0. The van der Waals surface area contributed by atoms with E-state index in [1.165, 1.54) is 32.1 Å². The lowest BCUT2D eigenvalue weighted by Gasteiger charge is -2.31. The number of amides is 2. The summed E-state index contributed by atoms with van der Waals surface area (Å²) in [5, 5.41) is 0. The van der Waals surface area contributed by atoms with Gasteiger partial charge in [-0.2, -0.15) is 0 Å². The largest absolute Gasteiger partial charge is 0.379 e. The summed E-state index contributed by atoms with van der Waals surface area (Å²) in [6.07, 6.45) is 10.3. The Hall–Kier alpha value is -1.14. The number of morpholine rings is 1. The zero-order valence-electron chi connectivity index (χ0n) is 17.7. The molecule has 0 radical (unpaired) electrons. The Morgan fingerprint density at radius 3 is 2.50 bits per heavy atom. The molecule has 0 aromatic rings. The second kappa shape index (κ2) is 11.1. The molecule has 3 fully saturated rings. The Morgan fingerprint density at radius 1 is 1.04 bits per heavy atom. The van der Waals surface area contributed by atoms with Crippen LogP contribution in [0, 0.1) is 5.92 Å². The first-order valence-corrected chi connectivity index (χ1v) is 11.5.